The van der Waals surface area contributed by atoms with Gasteiger partial charge in [-0.1, -0.05) is 41.5 Å². The largest absolute Gasteiger partial charge is 0.399 e. The third-order valence-electron chi connectivity index (χ3n) is 3.42. The van der Waals surface area contributed by atoms with Crippen LogP contribution >= 0.6 is 11.6 Å². The van der Waals surface area contributed by atoms with Crippen molar-refractivity contribution in [2.45, 2.75) is 19.3 Å². The number of nitrogens with zero attached hydrogens (tertiary/aromatic N) is 1. The molecule has 0 saturated carbocycles. The van der Waals surface area contributed by atoms with Crippen LogP contribution < -0.4 is 5.73 Å². The number of nitrogen functional groups attached to an aromatic ring is 1. The number of anilines is 1. The maximum absolute atomic E-state index is 6.23. The van der Waals surface area contributed by atoms with Crippen molar-refractivity contribution in [2.24, 2.45) is 4.99 Å². The molecule has 0 saturated heterocycles. The summed E-state index contributed by atoms with van der Waals surface area (Å²) >= 11 is 6.23. The second-order valence-corrected chi connectivity index (χ2v) is 5.31. The summed E-state index contributed by atoms with van der Waals surface area (Å²) in [5.41, 5.74) is 10.2. The Morgan fingerprint density at radius 3 is 2.95 bits per heavy atom. The molecule has 0 atom stereocenters. The Morgan fingerprint density at radius 1 is 1.29 bits per heavy atom. The highest BCUT2D eigenvalue weighted by molar-refractivity contribution is 6.31. The van der Waals surface area contributed by atoms with Crippen molar-refractivity contribution in [3.05, 3.63) is 76.5 Å². The molecule has 0 aromatic heterocycles. The maximum Gasteiger partial charge on any atom is 0.0439 e. The van der Waals surface area contributed by atoms with Gasteiger partial charge in [-0.15, -0.1) is 0 Å². The van der Waals surface area contributed by atoms with E-state index in [2.05, 4.69) is 29.9 Å². The van der Waals surface area contributed by atoms with E-state index in [0.29, 0.717) is 0 Å². The number of halogens is 1. The molecular formula is C18H19ClN2. The molecule has 2 N–H and O–H groups in total. The van der Waals surface area contributed by atoms with Gasteiger partial charge in [-0.3, -0.25) is 4.99 Å². The number of nitrogens with two attached hydrogens (primary N) is 1. The van der Waals surface area contributed by atoms with Gasteiger partial charge in [-0.25, -0.2) is 0 Å². The second kappa shape index (κ2) is 7.65. The molecule has 21 heavy (non-hydrogen) atoms. The van der Waals surface area contributed by atoms with Crippen LogP contribution in [0.3, 0.4) is 0 Å². The first-order valence-electron chi connectivity index (χ1n) is 6.92. The topological polar surface area (TPSA) is 38.4 Å². The van der Waals surface area contributed by atoms with Gasteiger partial charge in [0.15, 0.2) is 0 Å². The summed E-state index contributed by atoms with van der Waals surface area (Å²) in [4.78, 5) is 3.78. The van der Waals surface area contributed by atoms with Crippen LogP contribution in [0, 0.1) is 0 Å². The summed E-state index contributed by atoms with van der Waals surface area (Å²) in [6.45, 7) is 3.48. The van der Waals surface area contributed by atoms with Crippen molar-refractivity contribution in [3.8, 4) is 0 Å². The molecule has 3 heteroatoms. The Kier molecular flexibility index (Phi) is 5.59. The fourth-order valence-electron chi connectivity index (χ4n) is 2.31. The van der Waals surface area contributed by atoms with E-state index in [1.165, 1.54) is 11.1 Å². The van der Waals surface area contributed by atoms with E-state index in [4.69, 9.17) is 17.3 Å². The molecule has 1 aliphatic carbocycles. The number of hydrogen-bond acceptors (Lipinski definition) is 2. The minimum atomic E-state index is 0.750. The van der Waals surface area contributed by atoms with Gasteiger partial charge < -0.3 is 5.73 Å². The van der Waals surface area contributed by atoms with E-state index in [1.54, 1.807) is 6.20 Å². The lowest BCUT2D eigenvalue weighted by atomic mass is 9.97. The molecule has 0 spiro atoms. The predicted molar refractivity (Wildman–Crippen MR) is 92.8 cm³/mol. The Hall–Kier alpha value is -2.06. The van der Waals surface area contributed by atoms with Crippen LogP contribution in [0.25, 0.3) is 0 Å². The van der Waals surface area contributed by atoms with Crippen molar-refractivity contribution in [1.82, 2.24) is 0 Å². The Morgan fingerprint density at radius 2 is 2.14 bits per heavy atom. The number of rotatable bonds is 5. The van der Waals surface area contributed by atoms with Crippen LogP contribution in [0.4, 0.5) is 5.69 Å². The fourth-order valence-corrected chi connectivity index (χ4v) is 2.52. The molecule has 1 aliphatic rings. The van der Waals surface area contributed by atoms with Crippen LogP contribution in [-0.4, -0.2) is 6.72 Å². The first-order valence-corrected chi connectivity index (χ1v) is 7.30. The third kappa shape index (κ3) is 4.47. The number of aliphatic imine (C=N–C) groups is 1. The van der Waals surface area contributed by atoms with E-state index in [9.17, 15) is 0 Å². The minimum Gasteiger partial charge on any atom is -0.399 e. The standard InChI is InChI=1S/C18H19ClN2/c1-21-12-11-15-6-4-2-3-5-14(15)7-8-16-13-17(20)9-10-18(16)19/h2-4,6,9-13H,1,5,7-8,20H2/b12-11-. The van der Waals surface area contributed by atoms with Crippen molar-refractivity contribution in [1.29, 1.82) is 0 Å². The number of benzene rings is 1. The molecule has 1 aromatic carbocycles. The SMILES string of the molecule is C=N/C=C\C1=C(CCc2cc(N)ccc2Cl)CC=CC=C1. The normalized spacial score (nSPS) is 14.7. The summed E-state index contributed by atoms with van der Waals surface area (Å²) < 4.78 is 0. The van der Waals surface area contributed by atoms with E-state index >= 15 is 0 Å². The van der Waals surface area contributed by atoms with Crippen molar-refractivity contribution in [3.63, 3.8) is 0 Å². The van der Waals surface area contributed by atoms with Gasteiger partial charge in [0, 0.05) is 16.9 Å². The van der Waals surface area contributed by atoms with Crippen molar-refractivity contribution >= 4 is 24.0 Å². The first kappa shape index (κ1) is 15.3. The van der Waals surface area contributed by atoms with Crippen LogP contribution in [-0.2, 0) is 6.42 Å². The summed E-state index contributed by atoms with van der Waals surface area (Å²) in [5.74, 6) is 0. The molecule has 0 fully saturated rings. The molecular weight excluding hydrogens is 280 g/mol. The van der Waals surface area contributed by atoms with Crippen LogP contribution in [0.5, 0.6) is 0 Å². The van der Waals surface area contributed by atoms with E-state index < -0.39 is 0 Å². The van der Waals surface area contributed by atoms with Crippen molar-refractivity contribution in [2.75, 3.05) is 5.73 Å². The predicted octanol–water partition coefficient (Wildman–Crippen LogP) is 4.88. The quantitative estimate of drug-likeness (QED) is 0.610. The molecule has 0 bridgehead atoms. The van der Waals surface area contributed by atoms with Gasteiger partial charge >= 0.3 is 0 Å². The van der Waals surface area contributed by atoms with Gasteiger partial charge in [0.25, 0.3) is 0 Å². The maximum atomic E-state index is 6.23. The highest BCUT2D eigenvalue weighted by Gasteiger charge is 2.06. The van der Waals surface area contributed by atoms with E-state index in [1.807, 2.05) is 30.4 Å². The Balaban J connectivity index is 2.18. The van der Waals surface area contributed by atoms with Crippen molar-refractivity contribution < 1.29 is 0 Å². The van der Waals surface area contributed by atoms with Gasteiger partial charge in [0.1, 0.15) is 0 Å². The summed E-state index contributed by atoms with van der Waals surface area (Å²) in [6, 6.07) is 5.63. The third-order valence-corrected chi connectivity index (χ3v) is 3.79. The van der Waals surface area contributed by atoms with Crippen LogP contribution in [0.15, 0.2) is 70.9 Å². The Labute approximate surface area is 131 Å². The molecule has 1 aromatic rings. The first-order chi connectivity index (χ1) is 10.2. The van der Waals surface area contributed by atoms with E-state index in [0.717, 1.165) is 35.5 Å². The van der Waals surface area contributed by atoms with Gasteiger partial charge in [0.2, 0.25) is 0 Å². The lowest BCUT2D eigenvalue weighted by Crippen LogP contribution is -1.94. The van der Waals surface area contributed by atoms with Gasteiger partial charge in [-0.2, -0.15) is 0 Å². The molecule has 0 amide bonds. The summed E-state index contributed by atoms with van der Waals surface area (Å²) in [5, 5.41) is 0.773. The van der Waals surface area contributed by atoms with Crippen LogP contribution in [0.1, 0.15) is 18.4 Å². The van der Waals surface area contributed by atoms with E-state index in [-0.39, 0.29) is 0 Å². The number of hydrogen-bond donors (Lipinski definition) is 1. The zero-order chi connectivity index (χ0) is 15.1. The average Bonchev–Trinajstić information content (AvgIpc) is 2.71. The highest BCUT2D eigenvalue weighted by Crippen LogP contribution is 2.25. The number of aryl methyl sites for hydroxylation is 1. The molecule has 0 aliphatic heterocycles. The average molecular weight is 299 g/mol. The molecule has 0 radical (unpaired) electrons. The summed E-state index contributed by atoms with van der Waals surface area (Å²) in [6.07, 6.45) is 14.8. The molecule has 0 heterocycles. The second-order valence-electron chi connectivity index (χ2n) is 4.90. The minimum absolute atomic E-state index is 0.750. The highest BCUT2D eigenvalue weighted by atomic mass is 35.5. The zero-order valence-corrected chi connectivity index (χ0v) is 12.7. The monoisotopic (exact) mass is 298 g/mol. The lowest BCUT2D eigenvalue weighted by molar-refractivity contribution is 0.905. The fraction of sp³-hybridized carbons (Fsp3) is 0.167. The van der Waals surface area contributed by atoms with Gasteiger partial charge in [0.05, 0.1) is 0 Å². The summed E-state index contributed by atoms with van der Waals surface area (Å²) in [7, 11) is 0. The molecule has 2 nitrogen and oxygen atoms in total. The molecule has 0 unspecified atom stereocenters. The zero-order valence-electron chi connectivity index (χ0n) is 11.9. The molecule has 108 valence electrons. The lowest BCUT2D eigenvalue weighted by Gasteiger charge is -2.10. The Bertz CT molecular complexity index is 637. The van der Waals surface area contributed by atoms with Crippen LogP contribution in [0.2, 0.25) is 5.02 Å². The smallest absolute Gasteiger partial charge is 0.0439 e. The van der Waals surface area contributed by atoms with Gasteiger partial charge in [-0.05, 0) is 61.4 Å². The number of allylic oxidation sites excluding steroid dienone is 7. The molecule has 2 rings (SSSR count).